The van der Waals surface area contributed by atoms with Crippen LogP contribution in [0, 0.1) is 5.41 Å². The van der Waals surface area contributed by atoms with E-state index in [1.165, 1.54) is 37.0 Å². The van der Waals surface area contributed by atoms with Crippen molar-refractivity contribution < 1.29 is 18.0 Å². The van der Waals surface area contributed by atoms with Crippen molar-refractivity contribution in [3.05, 3.63) is 0 Å². The van der Waals surface area contributed by atoms with Crippen LogP contribution in [0.4, 0.5) is 13.2 Å². The Morgan fingerprint density at radius 3 is 2.06 bits per heavy atom. The third-order valence-corrected chi connectivity index (χ3v) is 4.44. The van der Waals surface area contributed by atoms with Crippen molar-refractivity contribution in [1.29, 1.82) is 0 Å². The van der Waals surface area contributed by atoms with Gasteiger partial charge < -0.3 is 4.90 Å². The van der Waals surface area contributed by atoms with Crippen molar-refractivity contribution in [2.24, 2.45) is 5.41 Å². The maximum atomic E-state index is 12.2. The first-order valence-electron chi connectivity index (χ1n) is 6.75. The van der Waals surface area contributed by atoms with Crippen molar-refractivity contribution >= 4 is 5.91 Å². The number of rotatable bonds is 1. The monoisotopic (exact) mass is 263 g/mol. The molecule has 0 atom stereocenters. The number of hydrogen-bond acceptors (Lipinski definition) is 1. The Hall–Kier alpha value is -0.740. The number of nitrogens with zero attached hydrogens (tertiary/aromatic N) is 1. The van der Waals surface area contributed by atoms with E-state index in [2.05, 4.69) is 0 Å². The predicted octanol–water partition coefficient (Wildman–Crippen LogP) is 3.51. The fourth-order valence-electron chi connectivity index (χ4n) is 3.32. The topological polar surface area (TPSA) is 20.3 Å². The second-order valence-corrected chi connectivity index (χ2v) is 5.73. The summed E-state index contributed by atoms with van der Waals surface area (Å²) in [6, 6.07) is 0. The highest BCUT2D eigenvalue weighted by Crippen LogP contribution is 2.44. The molecular weight excluding hydrogens is 243 g/mol. The summed E-state index contributed by atoms with van der Waals surface area (Å²) in [7, 11) is 0. The summed E-state index contributed by atoms with van der Waals surface area (Å²) >= 11 is 0. The molecule has 1 aliphatic carbocycles. The van der Waals surface area contributed by atoms with Gasteiger partial charge in [0.1, 0.15) is 6.42 Å². The Balaban J connectivity index is 1.84. The molecule has 0 aromatic heterocycles. The van der Waals surface area contributed by atoms with Gasteiger partial charge >= 0.3 is 6.18 Å². The number of halogens is 3. The maximum absolute atomic E-state index is 12.2. The SMILES string of the molecule is O=C(CC(F)(F)F)N1CCC2(CCCCC2)CC1. The van der Waals surface area contributed by atoms with E-state index < -0.39 is 18.5 Å². The molecule has 1 amide bonds. The molecule has 0 radical (unpaired) electrons. The number of amides is 1. The molecule has 0 N–H and O–H groups in total. The van der Waals surface area contributed by atoms with E-state index in [1.54, 1.807) is 0 Å². The molecule has 1 aliphatic heterocycles. The van der Waals surface area contributed by atoms with Crippen LogP contribution in [-0.4, -0.2) is 30.1 Å². The molecule has 2 nitrogen and oxygen atoms in total. The highest BCUT2D eigenvalue weighted by Gasteiger charge is 2.39. The average molecular weight is 263 g/mol. The molecule has 2 aliphatic rings. The van der Waals surface area contributed by atoms with Crippen LogP contribution in [0.15, 0.2) is 0 Å². The predicted molar refractivity (Wildman–Crippen MR) is 62.0 cm³/mol. The molecule has 0 aromatic carbocycles. The molecule has 0 unspecified atom stereocenters. The van der Waals surface area contributed by atoms with E-state index >= 15 is 0 Å². The Morgan fingerprint density at radius 1 is 1.00 bits per heavy atom. The van der Waals surface area contributed by atoms with Gasteiger partial charge in [0.15, 0.2) is 0 Å². The molecule has 2 rings (SSSR count). The first kappa shape index (κ1) is 13.7. The third kappa shape index (κ3) is 3.39. The van der Waals surface area contributed by atoms with Crippen molar-refractivity contribution in [3.63, 3.8) is 0 Å². The van der Waals surface area contributed by atoms with Crippen LogP contribution in [0.2, 0.25) is 0 Å². The minimum Gasteiger partial charge on any atom is -0.342 e. The Bertz CT molecular complexity index is 298. The Labute approximate surface area is 106 Å². The van der Waals surface area contributed by atoms with Crippen LogP contribution in [0.5, 0.6) is 0 Å². The molecule has 0 aromatic rings. The van der Waals surface area contributed by atoms with Crippen LogP contribution in [0.3, 0.4) is 0 Å². The lowest BCUT2D eigenvalue weighted by Gasteiger charge is -2.44. The van der Waals surface area contributed by atoms with Gasteiger partial charge in [0.25, 0.3) is 0 Å². The van der Waals surface area contributed by atoms with Gasteiger partial charge in [-0.2, -0.15) is 13.2 Å². The van der Waals surface area contributed by atoms with E-state index in [4.69, 9.17) is 0 Å². The number of carbonyl (C=O) groups is 1. The fourth-order valence-corrected chi connectivity index (χ4v) is 3.32. The van der Waals surface area contributed by atoms with Gasteiger partial charge in [-0.05, 0) is 31.1 Å². The highest BCUT2D eigenvalue weighted by molar-refractivity contribution is 5.76. The number of carbonyl (C=O) groups excluding carboxylic acids is 1. The number of alkyl halides is 3. The van der Waals surface area contributed by atoms with Crippen LogP contribution >= 0.6 is 0 Å². The third-order valence-electron chi connectivity index (χ3n) is 4.44. The van der Waals surface area contributed by atoms with Crippen LogP contribution in [-0.2, 0) is 4.79 Å². The molecule has 1 saturated heterocycles. The van der Waals surface area contributed by atoms with E-state index in [0.29, 0.717) is 18.5 Å². The summed E-state index contributed by atoms with van der Waals surface area (Å²) in [5.74, 6) is -0.756. The van der Waals surface area contributed by atoms with Gasteiger partial charge in [0, 0.05) is 13.1 Å². The molecule has 1 heterocycles. The summed E-state index contributed by atoms with van der Waals surface area (Å²) < 4.78 is 36.5. The quantitative estimate of drug-likeness (QED) is 0.709. The molecule has 18 heavy (non-hydrogen) atoms. The minimum absolute atomic E-state index is 0.327. The minimum atomic E-state index is -4.38. The first-order chi connectivity index (χ1) is 8.40. The Morgan fingerprint density at radius 2 is 1.56 bits per heavy atom. The molecular formula is C13H20F3NO. The van der Waals surface area contributed by atoms with Crippen molar-refractivity contribution in [1.82, 2.24) is 4.90 Å². The van der Waals surface area contributed by atoms with E-state index in [1.807, 2.05) is 0 Å². The van der Waals surface area contributed by atoms with Crippen molar-refractivity contribution in [2.45, 2.75) is 57.5 Å². The Kier molecular flexibility index (Phi) is 3.87. The second-order valence-electron chi connectivity index (χ2n) is 5.73. The zero-order valence-electron chi connectivity index (χ0n) is 10.6. The van der Waals surface area contributed by atoms with E-state index in [-0.39, 0.29) is 0 Å². The van der Waals surface area contributed by atoms with Gasteiger partial charge in [-0.3, -0.25) is 4.79 Å². The molecule has 1 spiro atoms. The summed E-state index contributed by atoms with van der Waals surface area (Å²) in [6.45, 7) is 1.02. The molecule has 2 fully saturated rings. The van der Waals surface area contributed by atoms with Gasteiger partial charge in [-0.25, -0.2) is 0 Å². The van der Waals surface area contributed by atoms with E-state index in [0.717, 1.165) is 12.8 Å². The van der Waals surface area contributed by atoms with Crippen LogP contribution in [0.1, 0.15) is 51.4 Å². The lowest BCUT2D eigenvalue weighted by atomic mass is 9.68. The second kappa shape index (κ2) is 5.10. The zero-order chi connectivity index (χ0) is 13.2. The standard InChI is InChI=1S/C13H20F3NO/c14-13(15,16)10-11(18)17-8-6-12(7-9-17)4-2-1-3-5-12/h1-10H2. The van der Waals surface area contributed by atoms with Crippen LogP contribution in [0.25, 0.3) is 0 Å². The largest absolute Gasteiger partial charge is 0.397 e. The van der Waals surface area contributed by atoms with Gasteiger partial charge in [0.05, 0.1) is 0 Å². The summed E-state index contributed by atoms with van der Waals surface area (Å²) in [5, 5.41) is 0. The van der Waals surface area contributed by atoms with Gasteiger partial charge in [-0.1, -0.05) is 19.3 Å². The number of piperidine rings is 1. The zero-order valence-corrected chi connectivity index (χ0v) is 10.6. The molecule has 104 valence electrons. The maximum Gasteiger partial charge on any atom is 0.397 e. The van der Waals surface area contributed by atoms with E-state index in [9.17, 15) is 18.0 Å². The molecule has 5 heteroatoms. The molecule has 1 saturated carbocycles. The van der Waals surface area contributed by atoms with Gasteiger partial charge in [-0.15, -0.1) is 0 Å². The number of likely N-dealkylation sites (tertiary alicyclic amines) is 1. The number of hydrogen-bond donors (Lipinski definition) is 0. The average Bonchev–Trinajstić information content (AvgIpc) is 2.28. The van der Waals surface area contributed by atoms with Crippen LogP contribution < -0.4 is 0 Å². The van der Waals surface area contributed by atoms with Crippen molar-refractivity contribution in [2.75, 3.05) is 13.1 Å². The smallest absolute Gasteiger partial charge is 0.342 e. The lowest BCUT2D eigenvalue weighted by Crippen LogP contribution is -2.44. The molecule has 0 bridgehead atoms. The highest BCUT2D eigenvalue weighted by atomic mass is 19.4. The fraction of sp³-hybridized carbons (Fsp3) is 0.923. The van der Waals surface area contributed by atoms with Gasteiger partial charge in [0.2, 0.25) is 5.91 Å². The summed E-state index contributed by atoms with van der Waals surface area (Å²) in [6.07, 6.45) is 2.21. The summed E-state index contributed by atoms with van der Waals surface area (Å²) in [5.41, 5.74) is 0.327. The summed E-state index contributed by atoms with van der Waals surface area (Å²) in [4.78, 5) is 12.9. The normalized spacial score (nSPS) is 24.3. The first-order valence-corrected chi connectivity index (χ1v) is 6.75. The van der Waals surface area contributed by atoms with Crippen molar-refractivity contribution in [3.8, 4) is 0 Å². The lowest BCUT2D eigenvalue weighted by molar-refractivity contribution is -0.163.